The van der Waals surface area contributed by atoms with Crippen molar-refractivity contribution in [2.24, 2.45) is 29.4 Å². The average molecular weight is 2030 g/mol. The fraction of sp³-hybridized carbons (Fsp3) is 0.441. The van der Waals surface area contributed by atoms with Gasteiger partial charge in [-0.15, -0.1) is 0 Å². The number of nitrogens with one attached hydrogen (secondary N) is 6. The van der Waals surface area contributed by atoms with Crippen molar-refractivity contribution in [1.82, 2.24) is 31.9 Å². The van der Waals surface area contributed by atoms with E-state index in [9.17, 15) is 90.7 Å². The predicted octanol–water partition coefficient (Wildman–Crippen LogP) is 7.53. The Hall–Kier alpha value is -11.5. The number of Topliss-reactive ketones (excluding diaryl/α,β-unsaturated/α-hetero) is 3. The summed E-state index contributed by atoms with van der Waals surface area (Å²) < 4.78 is 45.8. The summed E-state index contributed by atoms with van der Waals surface area (Å²) in [5.41, 5.74) is 6.63. The van der Waals surface area contributed by atoms with E-state index in [1.807, 2.05) is 75.4 Å². The molecular weight excluding hydrogens is 1910 g/mol. The Morgan fingerprint density at radius 1 is 0.697 bits per heavy atom. The number of hydrogen-bond donors (Lipinski definition) is 21. The van der Waals surface area contributed by atoms with E-state index in [1.54, 1.807) is 32.9 Å². The highest BCUT2D eigenvalue weighted by molar-refractivity contribution is 6.33. The molecule has 22 atom stereocenters. The molecule has 11 bridgehead atoms. The van der Waals surface area contributed by atoms with Crippen LogP contribution in [0.3, 0.4) is 0 Å². The lowest BCUT2D eigenvalue weighted by atomic mass is 9.73. The van der Waals surface area contributed by atoms with Gasteiger partial charge in [-0.05, 0) is 188 Å². The largest absolute Gasteiger partial charge is 0.507 e. The third-order valence-electron chi connectivity index (χ3n) is 26.7. The van der Waals surface area contributed by atoms with Gasteiger partial charge in [-0.2, -0.15) is 0 Å². The first-order valence-corrected chi connectivity index (χ1v) is 47.8. The fourth-order valence-electron chi connectivity index (χ4n) is 18.8. The summed E-state index contributed by atoms with van der Waals surface area (Å²) in [6.45, 7) is 8.81. The number of hydrogen-bond acceptors (Lipinski definition) is 32. The molecule has 8 aromatic rings. The van der Waals surface area contributed by atoms with Crippen LogP contribution in [0.2, 0.25) is 15.1 Å². The number of benzene rings is 8. The molecular formula is C102H118Cl3N7O30. The Bertz CT molecular complexity index is 5940. The smallest absolute Gasteiger partial charge is 0.295 e. The number of primary amides is 1. The first kappa shape index (κ1) is 108. The van der Waals surface area contributed by atoms with E-state index in [0.29, 0.717) is 22.8 Å². The summed E-state index contributed by atoms with van der Waals surface area (Å²) in [7, 11) is 0. The Balaban J connectivity index is 0.921. The number of nitrogens with two attached hydrogens (primary N) is 1. The van der Waals surface area contributed by atoms with Crippen LogP contribution in [-0.2, 0) is 77.1 Å². The van der Waals surface area contributed by atoms with Gasteiger partial charge in [0, 0.05) is 66.9 Å². The molecule has 22 N–H and O–H groups in total. The van der Waals surface area contributed by atoms with Gasteiger partial charge in [0.15, 0.2) is 28.8 Å². The summed E-state index contributed by atoms with van der Waals surface area (Å²) in [5.74, 6) is -18.8. The van der Waals surface area contributed by atoms with Crippen molar-refractivity contribution in [2.75, 3.05) is 19.8 Å². The number of carbonyl (C=O) groups is 9. The van der Waals surface area contributed by atoms with E-state index in [2.05, 4.69) is 31.9 Å². The summed E-state index contributed by atoms with van der Waals surface area (Å²) in [6, 6.07) is 28.3. The third kappa shape index (κ3) is 24.7. The highest BCUT2D eigenvalue weighted by Gasteiger charge is 2.52. The normalized spacial score (nSPS) is 25.3. The quantitative estimate of drug-likeness (QED) is 0.0139. The Labute approximate surface area is 831 Å². The van der Waals surface area contributed by atoms with Gasteiger partial charge in [0.2, 0.25) is 47.8 Å². The number of ketones is 3. The number of fused-ring (bicyclic) bond motifs is 15. The van der Waals surface area contributed by atoms with E-state index < -0.39 is 281 Å². The molecule has 40 heteroatoms. The van der Waals surface area contributed by atoms with Gasteiger partial charge in [0.1, 0.15) is 120 Å². The summed E-state index contributed by atoms with van der Waals surface area (Å²) in [4.78, 5) is 133. The number of phenols is 3. The number of unbranched alkanes of at least 4 members (excludes halogenated alkanes) is 1. The molecule has 15 rings (SSSR count). The van der Waals surface area contributed by atoms with Crippen LogP contribution in [0, 0.1) is 30.6 Å². The van der Waals surface area contributed by atoms with E-state index >= 15 is 24.0 Å². The number of rotatable bonds is 33. The summed E-state index contributed by atoms with van der Waals surface area (Å²) >= 11 is 21.5. The van der Waals surface area contributed by atoms with Gasteiger partial charge in [-0.3, -0.25) is 43.2 Å². The molecule has 0 aromatic heterocycles. The molecule has 0 spiro atoms. The van der Waals surface area contributed by atoms with Crippen molar-refractivity contribution in [1.29, 1.82) is 0 Å². The van der Waals surface area contributed by atoms with Gasteiger partial charge < -0.3 is 142 Å². The molecule has 762 valence electrons. The number of aliphatic hydroxyl groups excluding tert-OH is 11. The molecule has 37 nitrogen and oxygen atoms in total. The topological polar surface area (TPSA) is 600 Å². The summed E-state index contributed by atoms with van der Waals surface area (Å²) in [5, 5.41) is 176. The Morgan fingerprint density at radius 2 is 1.38 bits per heavy atom. The second kappa shape index (κ2) is 47.3. The predicted molar refractivity (Wildman–Crippen MR) is 512 cm³/mol. The zero-order valence-electron chi connectivity index (χ0n) is 78.4. The van der Waals surface area contributed by atoms with Gasteiger partial charge in [-0.1, -0.05) is 135 Å². The molecule has 5 amide bonds. The molecule has 142 heavy (non-hydrogen) atoms. The van der Waals surface area contributed by atoms with Gasteiger partial charge in [0.25, 0.3) is 6.47 Å². The fourth-order valence-corrected chi connectivity index (χ4v) is 19.5. The van der Waals surface area contributed by atoms with Crippen LogP contribution in [0.4, 0.5) is 0 Å². The Morgan fingerprint density at radius 3 is 2.02 bits per heavy atom. The molecule has 7 aliphatic rings. The first-order valence-electron chi connectivity index (χ1n) is 46.7. The second-order valence-electron chi connectivity index (χ2n) is 37.3. The maximum Gasteiger partial charge on any atom is 0.295 e. The van der Waals surface area contributed by atoms with Crippen LogP contribution < -0.4 is 56.6 Å². The van der Waals surface area contributed by atoms with E-state index in [0.717, 1.165) is 70.8 Å². The highest BCUT2D eigenvalue weighted by atomic mass is 35.5. The SMILES string of the molecule is CC[C@H](CC(C)C)C(=O)N[C@H]1C(=O)C[C@@H](CC(N)=O)C(=O)N[C@H]2C(=O)C[C@@H]3C(=O)N[C@H](C(=O)N[C@H](OC=O)c4cc(O)c(CNCCCCC(=O)[C@H](O)[C@@H](O)[C@H](O)[C@H](O)CO)c(O)c4-c4cc3ccc4O)[C@H](O)c3ccc(c(Cl)c3)Oc3cc2cc(c3O[C@@H]2O[C@H](CO)C(O)C(O)[C@H]2O[C@@H]2C[C@@H](C)[C@@H](O)C(C)(NCc3ccc(OCc4cccc(-c5ccccc5)c4C)c(Cl)c3)C2)Oc2ccc(cc2Cl)[C@H]1O. The number of ether oxygens (including phenoxy) is 7. The third-order valence-corrected chi connectivity index (χ3v) is 27.6. The molecule has 2 fully saturated rings. The molecule has 0 radical (unpaired) electrons. The average Bonchev–Trinajstić information content (AvgIpc) is 0.755. The lowest BCUT2D eigenvalue weighted by Crippen LogP contribution is -2.64. The number of halogens is 3. The van der Waals surface area contributed by atoms with Crippen molar-refractivity contribution in [3.05, 3.63) is 205 Å². The molecule has 6 heterocycles. The van der Waals surface area contributed by atoms with E-state index in [-0.39, 0.29) is 109 Å². The number of carbonyl (C=O) groups excluding carboxylic acids is 9. The molecule has 1 saturated heterocycles. The van der Waals surface area contributed by atoms with Crippen molar-refractivity contribution in [2.45, 2.75) is 241 Å². The number of phenolic OH excluding ortho intramolecular Hbond substituents is 3. The van der Waals surface area contributed by atoms with Gasteiger partial charge in [-0.25, -0.2) is 0 Å². The van der Waals surface area contributed by atoms with Crippen molar-refractivity contribution >= 4 is 88.2 Å². The summed E-state index contributed by atoms with van der Waals surface area (Å²) in [6.07, 6.45) is -28.9. The lowest BCUT2D eigenvalue weighted by molar-refractivity contribution is -0.299. The van der Waals surface area contributed by atoms with Crippen molar-refractivity contribution < 1.29 is 148 Å². The zero-order valence-corrected chi connectivity index (χ0v) is 80.6. The van der Waals surface area contributed by atoms with Crippen LogP contribution >= 0.6 is 34.8 Å². The minimum absolute atomic E-state index is 0.00936. The van der Waals surface area contributed by atoms with Crippen molar-refractivity contribution in [3.63, 3.8) is 0 Å². The maximum atomic E-state index is 16.7. The maximum absolute atomic E-state index is 16.7. The zero-order chi connectivity index (χ0) is 103. The highest BCUT2D eigenvalue weighted by Crippen LogP contribution is 2.52. The van der Waals surface area contributed by atoms with Crippen LogP contribution in [0.5, 0.6) is 51.7 Å². The molecule has 1 aliphatic carbocycles. The lowest BCUT2D eigenvalue weighted by Gasteiger charge is -2.48. The molecule has 8 aromatic carbocycles. The van der Waals surface area contributed by atoms with Gasteiger partial charge in [0.05, 0.1) is 57.9 Å². The minimum atomic E-state index is -2.28. The number of aliphatic hydroxyl groups is 11. The molecule has 6 aliphatic heterocycles. The van der Waals surface area contributed by atoms with Gasteiger partial charge >= 0.3 is 0 Å². The first-order chi connectivity index (χ1) is 67.6. The number of amides is 5. The standard InChI is InChI=1S/C102H118Cl3N7O30/c1-7-51(28-47(2)3)96(132)110-83-71(119)34-58(37-80(106)122)97(133)109-82-57-35-77(139-75-25-21-54(85(83)123)32-66(75)104)93(142-101-94(92(130)90(128)79(44-114)141-101)138-59-29-48(4)95(131)102(6,40-59)108-41-50-19-24-74(65(103)30-50)136-45-56-16-13-17-60(49(56)5)52-14-9-8-10-15-52)78(36-57)140-76-26-22-55(33-67(76)105)86(124)84-99(135)112-100(137-46-115)63-39-70(118)64(42-107-27-12-11-18-69(117)88(126)91(129)89(127)73(121)43-113)87(125)81(63)62-31-53(20-23-68(62)116)61(38-72(82)120)98(134)111-84/h8-10,13-17,19-26,30-33,35-36,39,46-48,51,58-59,61,73,79,82-86,88-92,94-95,100-101,107-108,113-114,116,118,121,123-131H,7,11-12,18,27-29,34,37-38,40-45H2,1-6H3,(H2,106,122)(H,109,133)(H,110,132)(H,111,134)(H,112,135)/t48-,51-,58+,59-,61+,73-,79-,82-,83+,84+,85-,86-,88+,89-,90?,91-,92?,94-,95-,100-,101+,102?/m1/s1. The second-order valence-corrected chi connectivity index (χ2v) is 38.5. The minimum Gasteiger partial charge on any atom is -0.507 e. The Kier molecular flexibility index (Phi) is 35.9. The van der Waals surface area contributed by atoms with E-state index in [1.165, 1.54) is 24.3 Å². The van der Waals surface area contributed by atoms with Crippen LogP contribution in [0.15, 0.2) is 140 Å². The van der Waals surface area contributed by atoms with Crippen LogP contribution in [-0.4, -0.2) is 230 Å². The van der Waals surface area contributed by atoms with Crippen molar-refractivity contribution in [3.8, 4) is 74.0 Å². The van der Waals surface area contributed by atoms with E-state index in [4.69, 9.17) is 73.7 Å². The monoisotopic (exact) mass is 2030 g/mol. The van der Waals surface area contributed by atoms with Crippen LogP contribution in [0.25, 0.3) is 22.3 Å². The van der Waals surface area contributed by atoms with Crippen LogP contribution in [0.1, 0.15) is 179 Å². The number of aromatic hydroxyl groups is 3. The molecule has 1 saturated carbocycles. The molecule has 3 unspecified atom stereocenters.